The first-order valence-corrected chi connectivity index (χ1v) is 7.39. The van der Waals surface area contributed by atoms with E-state index in [-0.39, 0.29) is 27.0 Å². The van der Waals surface area contributed by atoms with E-state index in [9.17, 15) is 14.9 Å². The minimum atomic E-state index is -0.604. The molecule has 0 aliphatic heterocycles. The SMILES string of the molecule is Cn1cnc2ccc(Oc3c(Cl)cc([N+](=O)[O-])cc3Cl)cc2c1=O. The summed E-state index contributed by atoms with van der Waals surface area (Å²) in [4.78, 5) is 26.5. The van der Waals surface area contributed by atoms with Gasteiger partial charge in [0.25, 0.3) is 11.2 Å². The Morgan fingerprint density at radius 3 is 2.50 bits per heavy atom. The third-order valence-corrected chi connectivity index (χ3v) is 3.86. The molecule has 3 rings (SSSR count). The normalized spacial score (nSPS) is 10.8. The molecule has 0 aliphatic rings. The summed E-state index contributed by atoms with van der Waals surface area (Å²) in [5, 5.41) is 11.1. The Morgan fingerprint density at radius 2 is 1.88 bits per heavy atom. The Kier molecular flexibility index (Phi) is 4.13. The summed E-state index contributed by atoms with van der Waals surface area (Å²) in [5.74, 6) is 0.384. The Morgan fingerprint density at radius 1 is 1.21 bits per heavy atom. The van der Waals surface area contributed by atoms with E-state index in [4.69, 9.17) is 27.9 Å². The summed E-state index contributed by atoms with van der Waals surface area (Å²) in [6.45, 7) is 0. The molecular weight excluding hydrogens is 357 g/mol. The van der Waals surface area contributed by atoms with Gasteiger partial charge in [0, 0.05) is 19.2 Å². The van der Waals surface area contributed by atoms with Crippen LogP contribution in [0.25, 0.3) is 10.9 Å². The van der Waals surface area contributed by atoms with Crippen LogP contribution in [-0.2, 0) is 7.05 Å². The molecule has 0 atom stereocenters. The van der Waals surface area contributed by atoms with Gasteiger partial charge in [-0.3, -0.25) is 14.9 Å². The van der Waals surface area contributed by atoms with Crippen LogP contribution in [0.5, 0.6) is 11.5 Å². The predicted octanol–water partition coefficient (Wildman–Crippen LogP) is 3.94. The molecule has 0 amide bonds. The van der Waals surface area contributed by atoms with Crippen molar-refractivity contribution >= 4 is 39.8 Å². The van der Waals surface area contributed by atoms with E-state index >= 15 is 0 Å². The molecule has 122 valence electrons. The van der Waals surface area contributed by atoms with Crippen molar-refractivity contribution in [2.75, 3.05) is 0 Å². The van der Waals surface area contributed by atoms with Crippen molar-refractivity contribution in [3.05, 3.63) is 67.2 Å². The van der Waals surface area contributed by atoms with Crippen molar-refractivity contribution in [1.82, 2.24) is 9.55 Å². The molecule has 0 aliphatic carbocycles. The van der Waals surface area contributed by atoms with Crippen LogP contribution >= 0.6 is 23.2 Å². The third kappa shape index (κ3) is 2.91. The van der Waals surface area contributed by atoms with E-state index < -0.39 is 4.92 Å². The highest BCUT2D eigenvalue weighted by atomic mass is 35.5. The number of hydrogen-bond donors (Lipinski definition) is 0. The number of ether oxygens (including phenoxy) is 1. The summed E-state index contributed by atoms with van der Waals surface area (Å²) in [6, 6.07) is 7.02. The van der Waals surface area contributed by atoms with Gasteiger partial charge in [0.05, 0.1) is 32.2 Å². The molecule has 7 nitrogen and oxygen atoms in total. The number of fused-ring (bicyclic) bond motifs is 1. The monoisotopic (exact) mass is 365 g/mol. The van der Waals surface area contributed by atoms with Crippen LogP contribution in [0.1, 0.15) is 0 Å². The highest BCUT2D eigenvalue weighted by molar-refractivity contribution is 6.37. The van der Waals surface area contributed by atoms with Gasteiger partial charge in [-0.2, -0.15) is 0 Å². The number of benzene rings is 2. The quantitative estimate of drug-likeness (QED) is 0.518. The second-order valence-electron chi connectivity index (χ2n) is 4.94. The number of aryl methyl sites for hydroxylation is 1. The van der Waals surface area contributed by atoms with Crippen molar-refractivity contribution in [1.29, 1.82) is 0 Å². The van der Waals surface area contributed by atoms with Crippen LogP contribution in [0.4, 0.5) is 5.69 Å². The zero-order valence-corrected chi connectivity index (χ0v) is 13.7. The molecule has 3 aromatic rings. The molecular formula is C15H9Cl2N3O4. The van der Waals surface area contributed by atoms with Gasteiger partial charge in [0.15, 0.2) is 5.75 Å². The molecule has 0 fully saturated rings. The number of halogens is 2. The lowest BCUT2D eigenvalue weighted by atomic mass is 10.2. The summed E-state index contributed by atoms with van der Waals surface area (Å²) in [6.07, 6.45) is 1.43. The van der Waals surface area contributed by atoms with Gasteiger partial charge in [-0.1, -0.05) is 23.2 Å². The van der Waals surface area contributed by atoms with E-state index in [0.717, 1.165) is 12.1 Å². The first-order chi connectivity index (χ1) is 11.4. The summed E-state index contributed by atoms with van der Waals surface area (Å²) in [7, 11) is 1.59. The van der Waals surface area contributed by atoms with Crippen molar-refractivity contribution in [2.45, 2.75) is 0 Å². The van der Waals surface area contributed by atoms with Crippen molar-refractivity contribution in [3.63, 3.8) is 0 Å². The Labute approximate surface area is 145 Å². The number of rotatable bonds is 3. The molecule has 0 radical (unpaired) electrons. The number of hydrogen-bond acceptors (Lipinski definition) is 5. The van der Waals surface area contributed by atoms with E-state index in [1.807, 2.05) is 0 Å². The van der Waals surface area contributed by atoms with Crippen molar-refractivity contribution in [2.24, 2.45) is 7.05 Å². The third-order valence-electron chi connectivity index (χ3n) is 3.30. The van der Waals surface area contributed by atoms with Gasteiger partial charge < -0.3 is 9.30 Å². The standard InChI is InChI=1S/C15H9Cl2N3O4/c1-19-7-18-13-3-2-9(6-10(13)15(19)21)24-14-11(16)4-8(20(22)23)5-12(14)17/h2-7H,1H3. The van der Waals surface area contributed by atoms with Gasteiger partial charge in [-0.15, -0.1) is 0 Å². The number of nitrogens with zero attached hydrogens (tertiary/aromatic N) is 3. The minimum Gasteiger partial charge on any atom is -0.454 e. The Balaban J connectivity index is 2.06. The molecule has 1 heterocycles. The largest absolute Gasteiger partial charge is 0.454 e. The fraction of sp³-hybridized carbons (Fsp3) is 0.0667. The second-order valence-corrected chi connectivity index (χ2v) is 5.75. The molecule has 24 heavy (non-hydrogen) atoms. The van der Waals surface area contributed by atoms with E-state index in [1.54, 1.807) is 19.2 Å². The molecule has 9 heteroatoms. The van der Waals surface area contributed by atoms with E-state index in [1.165, 1.54) is 17.0 Å². The summed E-state index contributed by atoms with van der Waals surface area (Å²) >= 11 is 12.0. The number of nitro groups is 1. The minimum absolute atomic E-state index is 0.00612. The molecule has 0 saturated heterocycles. The molecule has 0 unspecified atom stereocenters. The number of nitro benzene ring substituents is 1. The smallest absolute Gasteiger partial charge is 0.272 e. The maximum Gasteiger partial charge on any atom is 0.272 e. The lowest BCUT2D eigenvalue weighted by Crippen LogP contribution is -2.16. The highest BCUT2D eigenvalue weighted by Crippen LogP contribution is 2.39. The zero-order chi connectivity index (χ0) is 17.4. The lowest BCUT2D eigenvalue weighted by molar-refractivity contribution is -0.384. The van der Waals surface area contributed by atoms with Crippen LogP contribution in [0, 0.1) is 10.1 Å². The van der Waals surface area contributed by atoms with Gasteiger partial charge in [-0.25, -0.2) is 4.98 Å². The summed E-state index contributed by atoms with van der Waals surface area (Å²) < 4.78 is 6.96. The molecule has 2 aromatic carbocycles. The van der Waals surface area contributed by atoms with Crippen molar-refractivity contribution < 1.29 is 9.66 Å². The first kappa shape index (κ1) is 16.2. The van der Waals surface area contributed by atoms with Crippen molar-refractivity contribution in [3.8, 4) is 11.5 Å². The maximum atomic E-state index is 12.1. The van der Waals surface area contributed by atoms with Gasteiger partial charge in [-0.05, 0) is 18.2 Å². The fourth-order valence-electron chi connectivity index (χ4n) is 2.12. The Bertz CT molecular complexity index is 1010. The molecule has 0 saturated carbocycles. The number of non-ortho nitro benzene ring substituents is 1. The molecule has 0 N–H and O–H groups in total. The molecule has 0 spiro atoms. The van der Waals surface area contributed by atoms with Crippen LogP contribution in [0.3, 0.4) is 0 Å². The highest BCUT2D eigenvalue weighted by Gasteiger charge is 2.17. The van der Waals surface area contributed by atoms with E-state index in [0.29, 0.717) is 16.7 Å². The van der Waals surface area contributed by atoms with Gasteiger partial charge in [0.2, 0.25) is 0 Å². The van der Waals surface area contributed by atoms with Gasteiger partial charge >= 0.3 is 0 Å². The van der Waals surface area contributed by atoms with Crippen LogP contribution in [0.2, 0.25) is 10.0 Å². The van der Waals surface area contributed by atoms with Crippen LogP contribution in [0.15, 0.2) is 41.5 Å². The van der Waals surface area contributed by atoms with Crippen LogP contribution in [-0.4, -0.2) is 14.5 Å². The maximum absolute atomic E-state index is 12.1. The first-order valence-electron chi connectivity index (χ1n) is 6.63. The average molecular weight is 366 g/mol. The summed E-state index contributed by atoms with van der Waals surface area (Å²) in [5.41, 5.74) is 0.0478. The molecule has 1 aromatic heterocycles. The van der Waals surface area contributed by atoms with E-state index in [2.05, 4.69) is 4.98 Å². The molecule has 0 bridgehead atoms. The lowest BCUT2D eigenvalue weighted by Gasteiger charge is -2.10. The number of aromatic nitrogens is 2. The topological polar surface area (TPSA) is 87.3 Å². The van der Waals surface area contributed by atoms with Gasteiger partial charge in [0.1, 0.15) is 5.75 Å². The van der Waals surface area contributed by atoms with Crippen LogP contribution < -0.4 is 10.3 Å². The fourth-order valence-corrected chi connectivity index (χ4v) is 2.67. The Hall–Kier alpha value is -2.64. The second kappa shape index (κ2) is 6.10. The average Bonchev–Trinajstić information content (AvgIpc) is 2.54. The zero-order valence-electron chi connectivity index (χ0n) is 12.2. The predicted molar refractivity (Wildman–Crippen MR) is 90.2 cm³/mol.